The van der Waals surface area contributed by atoms with Crippen LogP contribution in [0, 0.1) is 0 Å². The molecule has 0 aromatic carbocycles. The van der Waals surface area contributed by atoms with E-state index >= 15 is 0 Å². The number of ether oxygens (including phenoxy) is 2. The number of aliphatic hydroxyl groups is 4. The molecule has 0 spiro atoms. The molecule has 0 bridgehead atoms. The zero-order valence-electron chi connectivity index (χ0n) is 43.7. The van der Waals surface area contributed by atoms with Gasteiger partial charge in [-0.1, -0.05) is 244 Å². The van der Waals surface area contributed by atoms with Crippen molar-refractivity contribution >= 4 is 16.3 Å². The Morgan fingerprint density at radius 3 is 1.32 bits per heavy atom. The third kappa shape index (κ3) is 37.6. The van der Waals surface area contributed by atoms with Crippen LogP contribution in [0.3, 0.4) is 0 Å². The highest BCUT2D eigenvalue weighted by Crippen LogP contribution is 2.26. The smallest absolute Gasteiger partial charge is 0.394 e. The van der Waals surface area contributed by atoms with Gasteiger partial charge in [-0.3, -0.25) is 9.35 Å². The van der Waals surface area contributed by atoms with Crippen LogP contribution in [0.5, 0.6) is 0 Å². The number of allylic oxidation sites excluding steroid dienone is 2. The molecule has 7 atom stereocenters. The second-order valence-electron chi connectivity index (χ2n) is 20.2. The molecule has 68 heavy (non-hydrogen) atoms. The van der Waals surface area contributed by atoms with Crippen LogP contribution < -0.4 is 5.32 Å². The van der Waals surface area contributed by atoms with E-state index in [1.807, 2.05) is 0 Å². The van der Waals surface area contributed by atoms with Crippen molar-refractivity contribution in [3.63, 3.8) is 0 Å². The molecule has 1 rings (SSSR count). The van der Waals surface area contributed by atoms with Gasteiger partial charge in [-0.2, -0.15) is 8.42 Å². The molecule has 13 heteroatoms. The van der Waals surface area contributed by atoms with E-state index in [4.69, 9.17) is 9.47 Å². The van der Waals surface area contributed by atoms with Crippen LogP contribution in [0.2, 0.25) is 0 Å². The van der Waals surface area contributed by atoms with Crippen LogP contribution in [-0.4, -0.2) is 95.4 Å². The second kappa shape index (κ2) is 45.7. The number of hydrogen-bond donors (Lipinski definition) is 6. The Balaban J connectivity index is 2.37. The molecule has 1 heterocycles. The van der Waals surface area contributed by atoms with Gasteiger partial charge in [-0.15, -0.1) is 0 Å². The second-order valence-corrected chi connectivity index (χ2v) is 21.3. The summed E-state index contributed by atoms with van der Waals surface area (Å²) in [6.07, 6.45) is 45.0. The average molecular weight is 991 g/mol. The van der Waals surface area contributed by atoms with Crippen molar-refractivity contribution in [2.75, 3.05) is 13.2 Å². The molecular weight excluding hydrogens is 883 g/mol. The summed E-state index contributed by atoms with van der Waals surface area (Å²) in [5.41, 5.74) is 0. The van der Waals surface area contributed by atoms with Crippen molar-refractivity contribution in [3.8, 4) is 0 Å². The minimum Gasteiger partial charge on any atom is -0.394 e. The highest BCUT2D eigenvalue weighted by molar-refractivity contribution is 7.80. The van der Waals surface area contributed by atoms with E-state index in [-0.39, 0.29) is 18.9 Å². The molecule has 0 aliphatic carbocycles. The van der Waals surface area contributed by atoms with Crippen molar-refractivity contribution in [2.24, 2.45) is 0 Å². The third-order valence-corrected chi connectivity index (χ3v) is 14.3. The fraction of sp³-hybridized carbons (Fsp3) is 0.945. The molecule has 1 aliphatic heterocycles. The van der Waals surface area contributed by atoms with Crippen LogP contribution in [0.15, 0.2) is 12.2 Å². The Kier molecular flexibility index (Phi) is 43.6. The highest BCUT2D eigenvalue weighted by atomic mass is 32.3. The van der Waals surface area contributed by atoms with Gasteiger partial charge in [0.25, 0.3) is 0 Å². The summed E-state index contributed by atoms with van der Waals surface area (Å²) in [7, 11) is -5.08. The summed E-state index contributed by atoms with van der Waals surface area (Å²) in [6.45, 7) is 3.49. The van der Waals surface area contributed by atoms with E-state index in [9.17, 15) is 38.2 Å². The number of amides is 1. The predicted molar refractivity (Wildman–Crippen MR) is 278 cm³/mol. The molecule has 7 unspecified atom stereocenters. The summed E-state index contributed by atoms with van der Waals surface area (Å²) in [6, 6.07) is -0.858. The maximum Gasteiger partial charge on any atom is 0.397 e. The molecule has 6 N–H and O–H groups in total. The molecule has 1 aliphatic rings. The van der Waals surface area contributed by atoms with Gasteiger partial charge in [0, 0.05) is 6.42 Å². The summed E-state index contributed by atoms with van der Waals surface area (Å²) in [5.74, 6) is -0.230. The number of rotatable bonds is 50. The van der Waals surface area contributed by atoms with Gasteiger partial charge in [-0.05, 0) is 38.5 Å². The zero-order valence-corrected chi connectivity index (χ0v) is 44.5. The fourth-order valence-corrected chi connectivity index (χ4v) is 9.91. The molecule has 12 nitrogen and oxygen atoms in total. The third-order valence-electron chi connectivity index (χ3n) is 13.8. The largest absolute Gasteiger partial charge is 0.397 e. The number of unbranched alkanes of at least 4 members (excludes halogenated alkanes) is 36. The van der Waals surface area contributed by atoms with Crippen LogP contribution in [-0.2, 0) is 28.9 Å². The number of aliphatic hydroxyl groups excluding tert-OH is 4. The molecule has 0 aromatic rings. The summed E-state index contributed by atoms with van der Waals surface area (Å²) in [5, 5.41) is 45.1. The quantitative estimate of drug-likeness (QED) is 0.0193. The summed E-state index contributed by atoms with van der Waals surface area (Å²) in [4.78, 5) is 13.1. The first-order valence-corrected chi connectivity index (χ1v) is 29.9. The zero-order chi connectivity index (χ0) is 49.8. The lowest BCUT2D eigenvalue weighted by Crippen LogP contribution is -2.61. The van der Waals surface area contributed by atoms with Crippen LogP contribution >= 0.6 is 0 Å². The van der Waals surface area contributed by atoms with Gasteiger partial charge < -0.3 is 35.2 Å². The lowest BCUT2D eigenvalue weighted by Gasteiger charge is -2.41. The minimum atomic E-state index is -5.08. The van der Waals surface area contributed by atoms with Crippen molar-refractivity contribution < 1.29 is 51.8 Å². The van der Waals surface area contributed by atoms with Crippen molar-refractivity contribution in [1.82, 2.24) is 5.32 Å². The lowest BCUT2D eigenvalue weighted by atomic mass is 9.99. The highest BCUT2D eigenvalue weighted by Gasteiger charge is 2.48. The fourth-order valence-electron chi connectivity index (χ4n) is 9.40. The van der Waals surface area contributed by atoms with Crippen LogP contribution in [0.4, 0.5) is 0 Å². The van der Waals surface area contributed by atoms with Crippen molar-refractivity contribution in [2.45, 2.75) is 320 Å². The number of nitrogens with one attached hydrogen (secondary N) is 1. The normalized spacial score (nSPS) is 19.8. The Morgan fingerprint density at radius 2 is 0.941 bits per heavy atom. The molecular formula is C55H107NO11S. The average Bonchev–Trinajstić information content (AvgIpc) is 3.31. The summed E-state index contributed by atoms with van der Waals surface area (Å²) < 4.78 is 47.9. The first-order chi connectivity index (χ1) is 33.0. The van der Waals surface area contributed by atoms with E-state index in [2.05, 4.69) is 35.5 Å². The Bertz CT molecular complexity index is 1260. The molecule has 1 amide bonds. The molecule has 0 aromatic heterocycles. The van der Waals surface area contributed by atoms with Gasteiger partial charge in [0.1, 0.15) is 24.4 Å². The topological polar surface area (TPSA) is 192 Å². The molecule has 0 saturated carbocycles. The van der Waals surface area contributed by atoms with E-state index in [0.717, 1.165) is 51.4 Å². The number of hydrogen-bond acceptors (Lipinski definition) is 10. The Labute approximate surface area is 417 Å². The number of carbonyl (C=O) groups excluding carboxylic acids is 1. The number of carbonyl (C=O) groups is 1. The maximum absolute atomic E-state index is 13.1. The van der Waals surface area contributed by atoms with Gasteiger partial charge >= 0.3 is 10.4 Å². The van der Waals surface area contributed by atoms with Crippen LogP contribution in [0.25, 0.3) is 0 Å². The first-order valence-electron chi connectivity index (χ1n) is 28.6. The standard InChI is InChI=1S/C55H107NO11S/c1-3-5-7-9-11-13-15-17-19-21-23-24-25-27-29-31-33-35-37-39-41-43-45-51(59)56-48(47-65-55-53(61)54(67-68(62,63)64)52(60)50(46-57)66-55)49(58)44-42-40-38-36-34-32-30-28-26-22-20-18-16-14-12-10-8-6-4-2/h25,27,48-50,52-55,57-58,60-61H,3-24,26,28-47H2,1-2H3,(H,56,59)(H,62,63,64)/b27-25-. The first kappa shape index (κ1) is 64.9. The van der Waals surface area contributed by atoms with Crippen molar-refractivity contribution in [1.29, 1.82) is 0 Å². The van der Waals surface area contributed by atoms with Gasteiger partial charge in [0.05, 0.1) is 25.4 Å². The molecule has 1 saturated heterocycles. The molecule has 404 valence electrons. The van der Waals surface area contributed by atoms with Gasteiger partial charge in [-0.25, -0.2) is 4.18 Å². The monoisotopic (exact) mass is 990 g/mol. The predicted octanol–water partition coefficient (Wildman–Crippen LogP) is 13.1. The maximum atomic E-state index is 13.1. The van der Waals surface area contributed by atoms with E-state index in [0.29, 0.717) is 12.8 Å². The van der Waals surface area contributed by atoms with Gasteiger partial charge in [0.15, 0.2) is 6.29 Å². The van der Waals surface area contributed by atoms with Crippen molar-refractivity contribution in [3.05, 3.63) is 12.2 Å². The Hall–Kier alpha value is -1.16. The molecule has 0 radical (unpaired) electrons. The SMILES string of the molecule is CCCCCCCCCCCCC/C=C\CCCCCCCCCC(=O)NC(COC1OC(CO)C(O)C(OS(=O)(=O)O)C1O)C(O)CCCCCCCCCCCCCCCCCCCCC. The van der Waals surface area contributed by atoms with E-state index in [1.165, 1.54) is 193 Å². The van der Waals surface area contributed by atoms with E-state index in [1.54, 1.807) is 0 Å². The lowest BCUT2D eigenvalue weighted by molar-refractivity contribution is -0.298. The van der Waals surface area contributed by atoms with Gasteiger partial charge in [0.2, 0.25) is 5.91 Å². The Morgan fingerprint density at radius 1 is 0.574 bits per heavy atom. The minimum absolute atomic E-state index is 0.230. The molecule has 1 fully saturated rings. The summed E-state index contributed by atoms with van der Waals surface area (Å²) >= 11 is 0. The van der Waals surface area contributed by atoms with E-state index < -0.39 is 59.9 Å². The van der Waals surface area contributed by atoms with Crippen LogP contribution in [0.1, 0.15) is 277 Å².